The topological polar surface area (TPSA) is 109 Å². The van der Waals surface area contributed by atoms with Crippen LogP contribution in [0.15, 0.2) is 0 Å². The molecule has 0 spiro atoms. The molecule has 0 aliphatic rings. The van der Waals surface area contributed by atoms with Crippen molar-refractivity contribution in [2.75, 3.05) is 30.7 Å². The van der Waals surface area contributed by atoms with Gasteiger partial charge in [0.15, 0.2) is 0 Å². The van der Waals surface area contributed by atoms with Gasteiger partial charge in [0.25, 0.3) is 0 Å². The Morgan fingerprint density at radius 1 is 0.905 bits per heavy atom. The molecule has 0 saturated carbocycles. The van der Waals surface area contributed by atoms with Crippen molar-refractivity contribution in [3.63, 3.8) is 0 Å². The molecule has 0 atom stereocenters. The predicted molar refractivity (Wildman–Crippen MR) is 82.3 cm³/mol. The van der Waals surface area contributed by atoms with Gasteiger partial charge in [-0.05, 0) is 10.2 Å². The van der Waals surface area contributed by atoms with Crippen molar-refractivity contribution in [2.45, 2.75) is 26.2 Å². The predicted octanol–water partition coefficient (Wildman–Crippen LogP) is 0.183. The van der Waals surface area contributed by atoms with Crippen molar-refractivity contribution in [3.8, 4) is 0 Å². The van der Waals surface area contributed by atoms with Crippen molar-refractivity contribution >= 4 is 41.7 Å². The molecule has 0 fully saturated rings. The maximum Gasteiger partial charge on any atom is 0.238 e. The van der Waals surface area contributed by atoms with Gasteiger partial charge in [0.1, 0.15) is 0 Å². The Bertz CT molecular complexity index is 596. The molecule has 0 aromatic heterocycles. The van der Waals surface area contributed by atoms with Crippen LogP contribution in [0.5, 0.6) is 0 Å². The first-order chi connectivity index (χ1) is 9.38. The quantitative estimate of drug-likeness (QED) is 0.302. The Labute approximate surface area is 132 Å². The molecule has 128 valence electrons. The van der Waals surface area contributed by atoms with Crippen molar-refractivity contribution in [1.29, 1.82) is 0 Å². The third kappa shape index (κ3) is 6.78. The summed E-state index contributed by atoms with van der Waals surface area (Å²) in [6, 6.07) is 0. The Hall–Kier alpha value is 0.0600. The number of rotatable bonds is 10. The SMILES string of the molecule is CCCCCS(=O)(=O)N(CCCl)N(S(C)(=O)=O)S(C)(=O)=O. The van der Waals surface area contributed by atoms with E-state index in [1.807, 2.05) is 6.92 Å². The fourth-order valence-corrected chi connectivity index (χ4v) is 7.35. The van der Waals surface area contributed by atoms with E-state index < -0.39 is 36.6 Å². The summed E-state index contributed by atoms with van der Waals surface area (Å²) >= 11 is 5.49. The summed E-state index contributed by atoms with van der Waals surface area (Å²) in [7, 11) is -12.8. The molecule has 8 nitrogen and oxygen atoms in total. The monoisotopic (exact) mass is 384 g/mol. The standard InChI is InChI=1S/C9H21ClN2O6S3/c1-4-5-6-9-21(17,18)11(8-7-10)12(19(2,13)14)20(3,15)16/h4-9H2,1-3H3. The molecule has 0 saturated heterocycles. The van der Waals surface area contributed by atoms with Crippen LogP contribution in [0.3, 0.4) is 0 Å². The molecule has 12 heteroatoms. The van der Waals surface area contributed by atoms with Crippen LogP contribution in [-0.4, -0.2) is 64.2 Å². The van der Waals surface area contributed by atoms with Gasteiger partial charge in [-0.3, -0.25) is 0 Å². The summed E-state index contributed by atoms with van der Waals surface area (Å²) in [6.45, 7) is 1.43. The van der Waals surface area contributed by atoms with E-state index in [9.17, 15) is 25.3 Å². The zero-order chi connectivity index (χ0) is 16.9. The molecular formula is C9H21ClN2O6S3. The van der Waals surface area contributed by atoms with E-state index >= 15 is 0 Å². The van der Waals surface area contributed by atoms with Crippen LogP contribution in [0.1, 0.15) is 26.2 Å². The maximum absolute atomic E-state index is 12.2. The molecule has 0 amide bonds. The smallest absolute Gasteiger partial charge is 0.211 e. The fraction of sp³-hybridized carbons (Fsp3) is 1.00. The lowest BCUT2D eigenvalue weighted by atomic mass is 10.3. The summed E-state index contributed by atoms with van der Waals surface area (Å²) in [5.41, 5.74) is 0. The number of hydrogen-bond donors (Lipinski definition) is 0. The Balaban J connectivity index is 5.75. The first-order valence-electron chi connectivity index (χ1n) is 6.14. The summed E-state index contributed by atoms with van der Waals surface area (Å²) < 4.78 is 71.3. The lowest BCUT2D eigenvalue weighted by Crippen LogP contribution is -2.53. The van der Waals surface area contributed by atoms with Crippen LogP contribution in [0, 0.1) is 0 Å². The molecule has 21 heavy (non-hydrogen) atoms. The molecule has 0 rings (SSSR count). The minimum atomic E-state index is -4.32. The minimum Gasteiger partial charge on any atom is -0.211 e. The van der Waals surface area contributed by atoms with E-state index in [2.05, 4.69) is 0 Å². The van der Waals surface area contributed by atoms with Crippen molar-refractivity contribution < 1.29 is 25.3 Å². The van der Waals surface area contributed by atoms with Gasteiger partial charge in [-0.15, -0.1) is 16.0 Å². The molecule has 0 heterocycles. The summed E-state index contributed by atoms with van der Waals surface area (Å²) in [4.78, 5) is 0. The molecule has 0 aliphatic carbocycles. The lowest BCUT2D eigenvalue weighted by molar-refractivity contribution is 0.267. The van der Waals surface area contributed by atoms with Gasteiger partial charge in [0.2, 0.25) is 30.1 Å². The van der Waals surface area contributed by atoms with Crippen LogP contribution in [0.25, 0.3) is 0 Å². The van der Waals surface area contributed by atoms with Gasteiger partial charge >= 0.3 is 0 Å². The van der Waals surface area contributed by atoms with Gasteiger partial charge < -0.3 is 0 Å². The molecule has 0 aromatic carbocycles. The molecular weight excluding hydrogens is 364 g/mol. The zero-order valence-corrected chi connectivity index (χ0v) is 15.4. The number of hydrogen-bond acceptors (Lipinski definition) is 6. The normalized spacial score (nSPS) is 14.0. The van der Waals surface area contributed by atoms with E-state index in [0.29, 0.717) is 29.8 Å². The first kappa shape index (κ1) is 21.1. The highest BCUT2D eigenvalue weighted by atomic mass is 35.5. The largest absolute Gasteiger partial charge is 0.238 e. The zero-order valence-electron chi connectivity index (χ0n) is 12.2. The lowest BCUT2D eigenvalue weighted by Gasteiger charge is -2.29. The third-order valence-corrected chi connectivity index (χ3v) is 7.67. The summed E-state index contributed by atoms with van der Waals surface area (Å²) in [6.07, 6.45) is 2.95. The highest BCUT2D eigenvalue weighted by molar-refractivity contribution is 8.04. The number of sulfonamides is 3. The number of halogens is 1. The third-order valence-electron chi connectivity index (χ3n) is 2.35. The van der Waals surface area contributed by atoms with Crippen molar-refractivity contribution in [3.05, 3.63) is 0 Å². The molecule has 0 N–H and O–H groups in total. The minimum absolute atomic E-state index is 0.107. The van der Waals surface area contributed by atoms with Crippen molar-refractivity contribution in [2.24, 2.45) is 0 Å². The molecule has 0 aromatic rings. The number of alkyl halides is 1. The van der Waals surface area contributed by atoms with Crippen LogP contribution in [0.2, 0.25) is 0 Å². The number of unbranched alkanes of at least 4 members (excludes halogenated alkanes) is 2. The molecule has 0 aliphatic heterocycles. The Morgan fingerprint density at radius 2 is 1.38 bits per heavy atom. The molecule has 0 radical (unpaired) electrons. The van der Waals surface area contributed by atoms with E-state index in [4.69, 9.17) is 11.6 Å². The first-order valence-corrected chi connectivity index (χ1v) is 12.0. The van der Waals surface area contributed by atoms with Crippen LogP contribution >= 0.6 is 11.6 Å². The molecule has 0 unspecified atom stereocenters. The second-order valence-electron chi connectivity index (χ2n) is 4.46. The van der Waals surface area contributed by atoms with E-state index in [-0.39, 0.29) is 15.5 Å². The van der Waals surface area contributed by atoms with E-state index in [1.54, 1.807) is 0 Å². The van der Waals surface area contributed by atoms with Crippen molar-refractivity contribution in [1.82, 2.24) is 8.23 Å². The number of nitrogens with zero attached hydrogens (tertiary/aromatic N) is 2. The van der Waals surface area contributed by atoms with Gasteiger partial charge in [0.05, 0.1) is 18.3 Å². The Morgan fingerprint density at radius 3 is 1.71 bits per heavy atom. The van der Waals surface area contributed by atoms with E-state index in [1.165, 1.54) is 0 Å². The molecule has 0 bridgehead atoms. The fourth-order valence-electron chi connectivity index (χ4n) is 1.61. The highest BCUT2D eigenvalue weighted by Gasteiger charge is 2.39. The number of hydrazine groups is 1. The van der Waals surface area contributed by atoms with Gasteiger partial charge in [-0.2, -0.15) is 0 Å². The summed E-state index contributed by atoms with van der Waals surface area (Å²) in [5, 5.41) is 0. The maximum atomic E-state index is 12.2. The van der Waals surface area contributed by atoms with Crippen LogP contribution in [0.4, 0.5) is 0 Å². The average Bonchev–Trinajstić information content (AvgIpc) is 2.24. The van der Waals surface area contributed by atoms with E-state index in [0.717, 1.165) is 6.42 Å². The highest BCUT2D eigenvalue weighted by Crippen LogP contribution is 2.17. The van der Waals surface area contributed by atoms with Crippen LogP contribution < -0.4 is 0 Å². The van der Waals surface area contributed by atoms with Gasteiger partial charge in [-0.25, -0.2) is 25.3 Å². The average molecular weight is 385 g/mol. The second-order valence-corrected chi connectivity index (χ2v) is 10.7. The Kier molecular flexibility index (Phi) is 8.09. The second kappa shape index (κ2) is 8.06. The summed E-state index contributed by atoms with van der Waals surface area (Å²) in [5.74, 6) is -0.589. The van der Waals surface area contributed by atoms with Gasteiger partial charge in [0, 0.05) is 12.4 Å². The van der Waals surface area contributed by atoms with Gasteiger partial charge in [-0.1, -0.05) is 19.8 Å². The van der Waals surface area contributed by atoms with Crippen LogP contribution in [-0.2, 0) is 30.1 Å².